The molecule has 2 atom stereocenters. The van der Waals surface area contributed by atoms with E-state index in [1.807, 2.05) is 0 Å². The minimum Gasteiger partial charge on any atom is -0.345 e. The maximum Gasteiger partial charge on any atom is 0.309 e. The van der Waals surface area contributed by atoms with E-state index in [4.69, 9.17) is 0 Å². The molecule has 1 aliphatic heterocycles. The van der Waals surface area contributed by atoms with Gasteiger partial charge in [-0.25, -0.2) is 8.78 Å². The number of rotatable bonds is 2. The highest BCUT2D eigenvalue weighted by molar-refractivity contribution is 6.35. The second-order valence-corrected chi connectivity index (χ2v) is 7.99. The number of hydrogen-bond donors (Lipinski definition) is 3. The zero-order valence-corrected chi connectivity index (χ0v) is 14.2. The van der Waals surface area contributed by atoms with E-state index in [9.17, 15) is 18.4 Å². The predicted octanol–water partition coefficient (Wildman–Crippen LogP) is 1.72. The first-order chi connectivity index (χ1) is 11.3. The molecule has 2 aliphatic carbocycles. The summed E-state index contributed by atoms with van der Waals surface area (Å²) in [5, 5.41) is 8.79. The van der Waals surface area contributed by atoms with Crippen molar-refractivity contribution in [2.45, 2.75) is 82.3 Å². The van der Waals surface area contributed by atoms with E-state index < -0.39 is 17.7 Å². The van der Waals surface area contributed by atoms with E-state index in [2.05, 4.69) is 22.9 Å². The minimum absolute atomic E-state index is 0.00670. The summed E-state index contributed by atoms with van der Waals surface area (Å²) in [6, 6.07) is 0.383. The molecule has 2 saturated carbocycles. The van der Waals surface area contributed by atoms with Gasteiger partial charge >= 0.3 is 11.8 Å². The van der Waals surface area contributed by atoms with Crippen LogP contribution < -0.4 is 16.0 Å². The molecule has 136 valence electrons. The normalized spacial score (nSPS) is 32.0. The van der Waals surface area contributed by atoms with Crippen molar-refractivity contribution in [3.63, 3.8) is 0 Å². The fraction of sp³-hybridized carbons (Fsp3) is 0.882. The molecule has 2 amide bonds. The Morgan fingerprint density at radius 1 is 0.958 bits per heavy atom. The zero-order valence-electron chi connectivity index (χ0n) is 14.2. The summed E-state index contributed by atoms with van der Waals surface area (Å²) < 4.78 is 26.5. The van der Waals surface area contributed by atoms with Crippen molar-refractivity contribution in [1.29, 1.82) is 0 Å². The lowest BCUT2D eigenvalue weighted by Gasteiger charge is -2.51. The van der Waals surface area contributed by atoms with Crippen molar-refractivity contribution in [2.75, 3.05) is 6.54 Å². The van der Waals surface area contributed by atoms with Gasteiger partial charge in [0.1, 0.15) is 0 Å². The quantitative estimate of drug-likeness (QED) is 0.669. The van der Waals surface area contributed by atoms with Gasteiger partial charge in [0.15, 0.2) is 0 Å². The number of nitrogens with one attached hydrogen (secondary N) is 3. The molecule has 0 aromatic carbocycles. The summed E-state index contributed by atoms with van der Waals surface area (Å²) in [4.78, 5) is 24.0. The van der Waals surface area contributed by atoms with Crippen LogP contribution in [0.5, 0.6) is 0 Å². The molecule has 0 bridgehead atoms. The largest absolute Gasteiger partial charge is 0.345 e. The molecule has 2 unspecified atom stereocenters. The van der Waals surface area contributed by atoms with Gasteiger partial charge in [-0.1, -0.05) is 0 Å². The molecule has 0 aromatic rings. The van der Waals surface area contributed by atoms with E-state index in [0.717, 1.165) is 12.8 Å². The molecule has 3 rings (SSSR count). The summed E-state index contributed by atoms with van der Waals surface area (Å²) in [6.07, 6.45) is 4.20. The molecule has 3 fully saturated rings. The van der Waals surface area contributed by atoms with Crippen LogP contribution >= 0.6 is 0 Å². The SMILES string of the molecule is CC1CCC(NC(=O)C(=O)NC2CC3(CCC(F)(F)CC3)C2)CN1. The van der Waals surface area contributed by atoms with Crippen molar-refractivity contribution in [2.24, 2.45) is 5.41 Å². The van der Waals surface area contributed by atoms with Crippen LogP contribution in [0.15, 0.2) is 0 Å². The maximum absolute atomic E-state index is 13.2. The summed E-state index contributed by atoms with van der Waals surface area (Å²) >= 11 is 0. The van der Waals surface area contributed by atoms with E-state index in [1.165, 1.54) is 0 Å². The van der Waals surface area contributed by atoms with E-state index >= 15 is 0 Å². The standard InChI is InChI=1S/C17H27F2N3O2/c1-11-2-3-12(10-20-11)21-14(23)15(24)22-13-8-16(9-13)4-6-17(18,19)7-5-16/h11-13,20H,2-10H2,1H3,(H,21,23)(H,22,24). The lowest BCUT2D eigenvalue weighted by molar-refractivity contribution is -0.142. The highest BCUT2D eigenvalue weighted by atomic mass is 19.3. The summed E-state index contributed by atoms with van der Waals surface area (Å²) in [5.41, 5.74) is -0.0421. The van der Waals surface area contributed by atoms with Crippen molar-refractivity contribution in [3.05, 3.63) is 0 Å². The van der Waals surface area contributed by atoms with Crippen molar-refractivity contribution >= 4 is 11.8 Å². The first kappa shape index (κ1) is 17.6. The van der Waals surface area contributed by atoms with Gasteiger partial charge in [0, 0.05) is 37.5 Å². The average molecular weight is 343 g/mol. The minimum atomic E-state index is -2.52. The van der Waals surface area contributed by atoms with Crippen molar-refractivity contribution < 1.29 is 18.4 Å². The first-order valence-electron chi connectivity index (χ1n) is 9.00. The topological polar surface area (TPSA) is 70.2 Å². The van der Waals surface area contributed by atoms with Crippen molar-refractivity contribution in [3.8, 4) is 0 Å². The smallest absolute Gasteiger partial charge is 0.309 e. The van der Waals surface area contributed by atoms with Crippen LogP contribution in [-0.4, -0.2) is 42.4 Å². The Bertz CT molecular complexity index is 486. The number of alkyl halides is 2. The molecular formula is C17H27F2N3O2. The van der Waals surface area contributed by atoms with Gasteiger partial charge in [-0.05, 0) is 50.9 Å². The summed E-state index contributed by atoms with van der Waals surface area (Å²) in [6.45, 7) is 2.78. The molecule has 24 heavy (non-hydrogen) atoms. The zero-order chi connectivity index (χ0) is 17.4. The van der Waals surface area contributed by atoms with E-state index in [0.29, 0.717) is 38.3 Å². The van der Waals surface area contributed by atoms with Gasteiger partial charge in [-0.15, -0.1) is 0 Å². The monoisotopic (exact) mass is 343 g/mol. The lowest BCUT2D eigenvalue weighted by atomic mass is 9.58. The summed E-state index contributed by atoms with van der Waals surface area (Å²) in [7, 11) is 0. The predicted molar refractivity (Wildman–Crippen MR) is 85.6 cm³/mol. The number of hydrogen-bond acceptors (Lipinski definition) is 3. The van der Waals surface area contributed by atoms with Crippen LogP contribution in [-0.2, 0) is 9.59 Å². The van der Waals surface area contributed by atoms with Gasteiger partial charge < -0.3 is 16.0 Å². The molecule has 1 saturated heterocycles. The highest BCUT2D eigenvalue weighted by Crippen LogP contribution is 2.54. The van der Waals surface area contributed by atoms with Gasteiger partial charge in [0.05, 0.1) is 0 Å². The van der Waals surface area contributed by atoms with Crippen LogP contribution in [0.2, 0.25) is 0 Å². The third-order valence-corrected chi connectivity index (χ3v) is 5.94. The molecule has 1 spiro atoms. The fourth-order valence-corrected chi connectivity index (χ4v) is 4.27. The van der Waals surface area contributed by atoms with Crippen LogP contribution in [0.25, 0.3) is 0 Å². The fourth-order valence-electron chi connectivity index (χ4n) is 4.27. The molecular weight excluding hydrogens is 316 g/mol. The second kappa shape index (κ2) is 6.58. The lowest BCUT2D eigenvalue weighted by Crippen LogP contribution is -2.57. The van der Waals surface area contributed by atoms with E-state index in [-0.39, 0.29) is 30.3 Å². The van der Waals surface area contributed by atoms with Crippen molar-refractivity contribution in [1.82, 2.24) is 16.0 Å². The Balaban J connectivity index is 1.38. The molecule has 5 nitrogen and oxygen atoms in total. The molecule has 0 radical (unpaired) electrons. The Hall–Kier alpha value is -1.24. The number of amides is 2. The average Bonchev–Trinajstić information content (AvgIpc) is 2.50. The molecule has 7 heteroatoms. The van der Waals surface area contributed by atoms with Gasteiger partial charge in [-0.2, -0.15) is 0 Å². The summed E-state index contributed by atoms with van der Waals surface area (Å²) in [5.74, 6) is -3.72. The molecule has 3 aliphatic rings. The molecule has 0 aromatic heterocycles. The third kappa shape index (κ3) is 4.05. The molecule has 3 N–H and O–H groups in total. The van der Waals surface area contributed by atoms with Crippen LogP contribution in [0.1, 0.15) is 58.3 Å². The number of piperidine rings is 1. The van der Waals surface area contributed by atoms with E-state index in [1.54, 1.807) is 0 Å². The van der Waals surface area contributed by atoms with Crippen LogP contribution in [0, 0.1) is 5.41 Å². The number of halogens is 2. The Morgan fingerprint density at radius 2 is 1.54 bits per heavy atom. The van der Waals surface area contributed by atoms with Gasteiger partial charge in [0.2, 0.25) is 5.92 Å². The first-order valence-corrected chi connectivity index (χ1v) is 9.00. The van der Waals surface area contributed by atoms with Gasteiger partial charge in [-0.3, -0.25) is 9.59 Å². The maximum atomic E-state index is 13.2. The Labute approximate surface area is 141 Å². The third-order valence-electron chi connectivity index (χ3n) is 5.94. The Kier molecular flexibility index (Phi) is 4.82. The number of carbonyl (C=O) groups is 2. The second-order valence-electron chi connectivity index (χ2n) is 7.99. The van der Waals surface area contributed by atoms with Crippen LogP contribution in [0.3, 0.4) is 0 Å². The number of carbonyl (C=O) groups excluding carboxylic acids is 2. The molecule has 1 heterocycles. The Morgan fingerprint density at radius 3 is 2.08 bits per heavy atom. The van der Waals surface area contributed by atoms with Crippen LogP contribution in [0.4, 0.5) is 8.78 Å². The van der Waals surface area contributed by atoms with Gasteiger partial charge in [0.25, 0.3) is 0 Å². The highest BCUT2D eigenvalue weighted by Gasteiger charge is 2.50.